The van der Waals surface area contributed by atoms with Gasteiger partial charge in [0.05, 0.1) is 0 Å². The summed E-state index contributed by atoms with van der Waals surface area (Å²) in [4.78, 5) is 11.7. The van der Waals surface area contributed by atoms with E-state index in [-0.39, 0.29) is 11.9 Å². The van der Waals surface area contributed by atoms with Crippen LogP contribution in [0.1, 0.15) is 77.6 Å². The van der Waals surface area contributed by atoms with Crippen molar-refractivity contribution in [3.05, 3.63) is 0 Å². The van der Waals surface area contributed by atoms with Gasteiger partial charge in [-0.15, -0.1) is 0 Å². The molecular formula is C17H36N2O2S. The van der Waals surface area contributed by atoms with E-state index in [0.717, 1.165) is 19.3 Å². The molecule has 0 aliphatic carbocycles. The summed E-state index contributed by atoms with van der Waals surface area (Å²) in [5.74, 6) is 0.503. The van der Waals surface area contributed by atoms with Gasteiger partial charge in [-0.2, -0.15) is 12.6 Å². The highest BCUT2D eigenvalue weighted by molar-refractivity contribution is 7.80. The number of esters is 1. The van der Waals surface area contributed by atoms with Gasteiger partial charge in [0.25, 0.3) is 0 Å². The van der Waals surface area contributed by atoms with E-state index in [4.69, 9.17) is 16.2 Å². The third-order valence-corrected chi connectivity index (χ3v) is 4.28. The number of thiol groups is 1. The van der Waals surface area contributed by atoms with Crippen molar-refractivity contribution in [3.63, 3.8) is 0 Å². The van der Waals surface area contributed by atoms with E-state index < -0.39 is 6.23 Å². The van der Waals surface area contributed by atoms with E-state index in [0.29, 0.717) is 18.7 Å². The molecule has 2 atom stereocenters. The molecule has 0 aromatic heterocycles. The van der Waals surface area contributed by atoms with Crippen LogP contribution in [0, 0.1) is 5.92 Å². The molecule has 2 unspecified atom stereocenters. The Labute approximate surface area is 142 Å². The van der Waals surface area contributed by atoms with Crippen molar-refractivity contribution in [2.75, 3.05) is 12.3 Å². The lowest BCUT2D eigenvalue weighted by molar-refractivity contribution is -0.151. The number of carbonyl (C=O) groups is 1. The monoisotopic (exact) mass is 332 g/mol. The lowest BCUT2D eigenvalue weighted by atomic mass is 10.1. The van der Waals surface area contributed by atoms with Gasteiger partial charge in [-0.25, -0.2) is 0 Å². The first kappa shape index (κ1) is 21.7. The number of unbranched alkanes of at least 4 members (excludes halogenated alkanes) is 8. The molecule has 0 saturated heterocycles. The molecule has 0 radical (unpaired) electrons. The first-order valence-electron chi connectivity index (χ1n) is 8.91. The fourth-order valence-corrected chi connectivity index (χ4v) is 2.80. The maximum absolute atomic E-state index is 11.7. The predicted octanol–water partition coefficient (Wildman–Crippen LogP) is 3.63. The van der Waals surface area contributed by atoms with Crippen molar-refractivity contribution in [1.82, 2.24) is 0 Å². The van der Waals surface area contributed by atoms with Crippen LogP contribution in [0.15, 0.2) is 0 Å². The number of nitrogens with two attached hydrogens (primary N) is 2. The average Bonchev–Trinajstić information content (AvgIpc) is 2.50. The van der Waals surface area contributed by atoms with Crippen LogP contribution in [0.3, 0.4) is 0 Å². The van der Waals surface area contributed by atoms with Crippen molar-refractivity contribution in [2.45, 2.75) is 83.8 Å². The Kier molecular flexibility index (Phi) is 15.4. The van der Waals surface area contributed by atoms with Gasteiger partial charge in [0.1, 0.15) is 0 Å². The Hall–Kier alpha value is -0.260. The maximum Gasteiger partial charge on any atom is 0.307 e. The number of hydrogen-bond donors (Lipinski definition) is 3. The highest BCUT2D eigenvalue weighted by Crippen LogP contribution is 2.12. The fraction of sp³-hybridized carbons (Fsp3) is 0.941. The Morgan fingerprint density at radius 3 is 2.09 bits per heavy atom. The number of hydrogen-bond acceptors (Lipinski definition) is 5. The number of carbonyl (C=O) groups excluding carboxylic acids is 1. The van der Waals surface area contributed by atoms with E-state index in [1.807, 2.05) is 0 Å². The van der Waals surface area contributed by atoms with Crippen molar-refractivity contribution >= 4 is 18.6 Å². The van der Waals surface area contributed by atoms with E-state index in [1.165, 1.54) is 44.9 Å². The van der Waals surface area contributed by atoms with Gasteiger partial charge < -0.3 is 10.5 Å². The van der Waals surface area contributed by atoms with Crippen molar-refractivity contribution in [2.24, 2.45) is 17.4 Å². The van der Waals surface area contributed by atoms with E-state index in [2.05, 4.69) is 19.6 Å². The van der Waals surface area contributed by atoms with E-state index in [1.54, 1.807) is 0 Å². The minimum absolute atomic E-state index is 0.00423. The van der Waals surface area contributed by atoms with Crippen LogP contribution in [0.4, 0.5) is 0 Å². The van der Waals surface area contributed by atoms with Crippen molar-refractivity contribution in [1.29, 1.82) is 0 Å². The molecule has 22 heavy (non-hydrogen) atoms. The average molecular weight is 333 g/mol. The summed E-state index contributed by atoms with van der Waals surface area (Å²) in [5, 5.41) is 0. The van der Waals surface area contributed by atoms with Crippen LogP contribution in [0.5, 0.6) is 0 Å². The third kappa shape index (κ3) is 12.3. The molecule has 0 aromatic carbocycles. The standard InChI is InChI=1S/C17H36N2O2S/c1-2-3-4-5-6-7-8-9-10-11-16(20)21-17(19)15(14-18)12-13-22/h15,17,22H,2-14,18-19H2,1H3. The summed E-state index contributed by atoms with van der Waals surface area (Å²) >= 11 is 4.16. The Morgan fingerprint density at radius 1 is 1.05 bits per heavy atom. The van der Waals surface area contributed by atoms with Gasteiger partial charge in [-0.05, 0) is 18.6 Å². The molecule has 0 rings (SSSR count). The molecule has 0 saturated carbocycles. The molecule has 0 heterocycles. The van der Waals surface area contributed by atoms with Gasteiger partial charge in [0, 0.05) is 18.9 Å². The first-order valence-corrected chi connectivity index (χ1v) is 9.54. The normalized spacial score (nSPS) is 13.8. The first-order chi connectivity index (χ1) is 10.7. The van der Waals surface area contributed by atoms with Gasteiger partial charge >= 0.3 is 5.97 Å². The molecule has 4 nitrogen and oxygen atoms in total. The molecule has 0 spiro atoms. The fourth-order valence-electron chi connectivity index (χ4n) is 2.47. The molecule has 0 bridgehead atoms. The minimum atomic E-state index is -0.594. The van der Waals surface area contributed by atoms with Crippen LogP contribution >= 0.6 is 12.6 Å². The zero-order chi connectivity index (χ0) is 16.6. The van der Waals surface area contributed by atoms with Gasteiger partial charge in [0.2, 0.25) is 0 Å². The van der Waals surface area contributed by atoms with Crippen molar-refractivity contribution in [3.8, 4) is 0 Å². The van der Waals surface area contributed by atoms with Gasteiger partial charge in [-0.1, -0.05) is 58.3 Å². The molecule has 4 N–H and O–H groups in total. The zero-order valence-electron chi connectivity index (χ0n) is 14.3. The van der Waals surface area contributed by atoms with Crippen LogP contribution in [0.2, 0.25) is 0 Å². The molecule has 132 valence electrons. The highest BCUT2D eigenvalue weighted by Gasteiger charge is 2.19. The molecular weight excluding hydrogens is 296 g/mol. The van der Waals surface area contributed by atoms with E-state index in [9.17, 15) is 4.79 Å². The topological polar surface area (TPSA) is 78.3 Å². The van der Waals surface area contributed by atoms with Crippen LogP contribution in [-0.2, 0) is 9.53 Å². The minimum Gasteiger partial charge on any atom is -0.446 e. The molecule has 0 amide bonds. The number of rotatable bonds is 15. The predicted molar refractivity (Wildman–Crippen MR) is 96.9 cm³/mol. The van der Waals surface area contributed by atoms with Crippen LogP contribution < -0.4 is 11.5 Å². The zero-order valence-corrected chi connectivity index (χ0v) is 15.2. The second-order valence-corrected chi connectivity index (χ2v) is 6.49. The summed E-state index contributed by atoms with van der Waals surface area (Å²) in [6.07, 6.45) is 11.8. The highest BCUT2D eigenvalue weighted by atomic mass is 32.1. The summed E-state index contributed by atoms with van der Waals surface area (Å²) in [6, 6.07) is 0. The Balaban J connectivity index is 3.53. The van der Waals surface area contributed by atoms with Gasteiger partial charge in [-0.3, -0.25) is 10.5 Å². The SMILES string of the molecule is CCCCCCCCCCCC(=O)OC(N)C(CN)CCS. The summed E-state index contributed by atoms with van der Waals surface area (Å²) in [5.41, 5.74) is 11.5. The third-order valence-electron chi connectivity index (χ3n) is 4.02. The lowest BCUT2D eigenvalue weighted by Gasteiger charge is -2.21. The van der Waals surface area contributed by atoms with E-state index >= 15 is 0 Å². The lowest BCUT2D eigenvalue weighted by Crippen LogP contribution is -2.39. The van der Waals surface area contributed by atoms with Crippen LogP contribution in [-0.4, -0.2) is 24.5 Å². The second kappa shape index (κ2) is 15.6. The van der Waals surface area contributed by atoms with Crippen LogP contribution in [0.25, 0.3) is 0 Å². The Morgan fingerprint density at radius 2 is 1.59 bits per heavy atom. The Bertz CT molecular complexity index is 265. The molecule has 0 aliphatic heterocycles. The molecule has 5 heteroatoms. The molecule has 0 aromatic rings. The summed E-state index contributed by atoms with van der Waals surface area (Å²) in [6.45, 7) is 2.66. The quantitative estimate of drug-likeness (QED) is 0.185. The summed E-state index contributed by atoms with van der Waals surface area (Å²) < 4.78 is 5.25. The maximum atomic E-state index is 11.7. The summed E-state index contributed by atoms with van der Waals surface area (Å²) in [7, 11) is 0. The molecule has 0 aliphatic rings. The largest absolute Gasteiger partial charge is 0.446 e. The smallest absolute Gasteiger partial charge is 0.307 e. The van der Waals surface area contributed by atoms with Gasteiger partial charge in [0.15, 0.2) is 6.23 Å². The second-order valence-electron chi connectivity index (χ2n) is 6.04. The van der Waals surface area contributed by atoms with Crippen molar-refractivity contribution < 1.29 is 9.53 Å². The number of ether oxygens (including phenoxy) is 1. The molecule has 0 fully saturated rings.